The van der Waals surface area contributed by atoms with Gasteiger partial charge in [-0.2, -0.15) is 0 Å². The summed E-state index contributed by atoms with van der Waals surface area (Å²) in [6.07, 6.45) is 36.8. The molecule has 75 heavy (non-hydrogen) atoms. The summed E-state index contributed by atoms with van der Waals surface area (Å²) in [7, 11) is 0. The monoisotopic (exact) mass is 1030 g/mol. The number of thioether (sulfide) groups is 3. The Kier molecular flexibility index (Phi) is 19.8. The number of carbonyl (C=O) groups excluding carboxylic acids is 3. The fourth-order valence-corrected chi connectivity index (χ4v) is 11.1. The molecule has 3 N–H and O–H groups in total. The molecule has 366 valence electrons. The van der Waals surface area contributed by atoms with Crippen molar-refractivity contribution >= 4 is 70.1 Å². The molecule has 0 aliphatic rings. The lowest BCUT2D eigenvalue weighted by Crippen LogP contribution is -2.20. The Labute approximate surface area is 454 Å². The minimum Gasteiger partial charge on any atom is -0.321 e. The second kappa shape index (κ2) is 27.4. The van der Waals surface area contributed by atoms with Crippen LogP contribution < -0.4 is 16.0 Å². The number of anilines is 3. The summed E-state index contributed by atoms with van der Waals surface area (Å²) < 4.78 is 0. The maximum Gasteiger partial charge on any atom is 0.255 e. The van der Waals surface area contributed by atoms with Crippen LogP contribution in [0.3, 0.4) is 0 Å². The summed E-state index contributed by atoms with van der Waals surface area (Å²) in [5, 5.41) is 9.19. The van der Waals surface area contributed by atoms with Gasteiger partial charge in [0.15, 0.2) is 0 Å². The van der Waals surface area contributed by atoms with E-state index in [0.717, 1.165) is 64.8 Å². The number of para-hydroxylation sites is 3. The maximum absolute atomic E-state index is 14.5. The molecule has 0 aromatic heterocycles. The van der Waals surface area contributed by atoms with Gasteiger partial charge >= 0.3 is 0 Å². The molecule has 0 saturated heterocycles. The Balaban J connectivity index is 1.17. The first-order valence-corrected chi connectivity index (χ1v) is 26.7. The molecule has 6 nitrogen and oxygen atoms in total. The molecule has 7 aromatic carbocycles. The number of hydrogen-bond donors (Lipinski definition) is 3. The van der Waals surface area contributed by atoms with Gasteiger partial charge < -0.3 is 16.0 Å². The van der Waals surface area contributed by atoms with Crippen LogP contribution in [0.15, 0.2) is 160 Å². The lowest BCUT2D eigenvalue weighted by Gasteiger charge is -2.15. The largest absolute Gasteiger partial charge is 0.321 e. The van der Waals surface area contributed by atoms with Crippen LogP contribution in [0, 0.1) is 74.1 Å². The zero-order valence-electron chi connectivity index (χ0n) is 41.1. The first-order valence-electron chi connectivity index (χ1n) is 23.8. The van der Waals surface area contributed by atoms with E-state index in [4.69, 9.17) is 38.5 Å². The highest BCUT2D eigenvalue weighted by atomic mass is 32.2. The number of nitrogens with one attached hydrogen (secondary N) is 3. The third kappa shape index (κ3) is 15.7. The Morgan fingerprint density at radius 3 is 0.760 bits per heavy atom. The Morgan fingerprint density at radius 1 is 0.320 bits per heavy atom. The fourth-order valence-electron chi connectivity index (χ4n) is 8.26. The van der Waals surface area contributed by atoms with Crippen LogP contribution in [0.2, 0.25) is 0 Å². The highest BCUT2D eigenvalue weighted by Crippen LogP contribution is 2.34. The standard InChI is InChI=1S/C66H51N3O3S3/c1-7-19-46-31-47(20-8-2)35-52(34-46)43-73-61-28-16-13-25-58(61)67-64(70)55-40-56(65(71)68-59-26-14-17-29-62(59)74-44-53-36-48(21-9-3)32-49(37-53)22-10-4)42-57(41-55)66(72)69-60-27-15-18-30-63(60)75-45-54-38-50(23-11-5)33-51(39-54)24-12-6/h1-6,13-18,25-42H,19-24,43-45H2,(H,67,70)(H,68,71)(H,69,72). The average Bonchev–Trinajstić information content (AvgIpc) is 3.40. The van der Waals surface area contributed by atoms with Gasteiger partial charge in [-0.15, -0.1) is 109 Å². The summed E-state index contributed by atoms with van der Waals surface area (Å²) in [5.41, 5.74) is 11.1. The first-order chi connectivity index (χ1) is 36.6. The van der Waals surface area contributed by atoms with Gasteiger partial charge in [0.2, 0.25) is 0 Å². The van der Waals surface area contributed by atoms with E-state index >= 15 is 0 Å². The molecule has 7 rings (SSSR count). The van der Waals surface area contributed by atoms with Crippen LogP contribution in [0.5, 0.6) is 0 Å². The molecule has 0 atom stereocenters. The topological polar surface area (TPSA) is 87.3 Å². The van der Waals surface area contributed by atoms with Crippen molar-refractivity contribution in [3.05, 3.63) is 212 Å². The molecule has 0 spiro atoms. The van der Waals surface area contributed by atoms with Gasteiger partial charge in [-0.1, -0.05) is 91.0 Å². The molecule has 0 radical (unpaired) electrons. The Hall–Kier alpha value is -8.64. The third-order valence-corrected chi connectivity index (χ3v) is 14.9. The van der Waals surface area contributed by atoms with Crippen molar-refractivity contribution in [2.45, 2.75) is 70.5 Å². The van der Waals surface area contributed by atoms with Crippen LogP contribution in [0.1, 0.15) is 81.1 Å². The van der Waals surface area contributed by atoms with E-state index in [2.05, 4.69) is 87.9 Å². The molecule has 0 saturated carbocycles. The van der Waals surface area contributed by atoms with Crippen molar-refractivity contribution in [3.8, 4) is 74.1 Å². The van der Waals surface area contributed by atoms with Crippen molar-refractivity contribution < 1.29 is 14.4 Å². The molecule has 7 aromatic rings. The molecule has 0 bridgehead atoms. The number of hydrogen-bond acceptors (Lipinski definition) is 6. The molecule has 0 heterocycles. The van der Waals surface area contributed by atoms with E-state index in [1.165, 1.54) is 18.2 Å². The molecule has 9 heteroatoms. The van der Waals surface area contributed by atoms with E-state index in [9.17, 15) is 14.4 Å². The molecular weight excluding hydrogens is 979 g/mol. The molecule has 3 amide bonds. The quantitative estimate of drug-likeness (QED) is 0.0491. The highest BCUT2D eigenvalue weighted by Gasteiger charge is 2.20. The van der Waals surface area contributed by atoms with Gasteiger partial charge in [0.25, 0.3) is 17.7 Å². The zero-order valence-corrected chi connectivity index (χ0v) is 43.6. The number of terminal acetylenes is 6. The van der Waals surface area contributed by atoms with E-state index in [0.29, 0.717) is 72.8 Å². The molecular formula is C66H51N3O3S3. The average molecular weight is 1030 g/mol. The number of rotatable bonds is 21. The summed E-state index contributed by atoms with van der Waals surface area (Å²) in [6.45, 7) is 0. The maximum atomic E-state index is 14.5. The van der Waals surface area contributed by atoms with Gasteiger partial charge in [-0.05, 0) is 105 Å². The normalized spacial score (nSPS) is 10.3. The van der Waals surface area contributed by atoms with E-state index < -0.39 is 17.7 Å². The molecule has 0 unspecified atom stereocenters. The van der Waals surface area contributed by atoms with Crippen molar-refractivity contribution in [2.75, 3.05) is 16.0 Å². The predicted molar refractivity (Wildman–Crippen MR) is 313 cm³/mol. The van der Waals surface area contributed by atoms with Crippen molar-refractivity contribution in [3.63, 3.8) is 0 Å². The number of carbonyl (C=O) groups is 3. The second-order valence-corrected chi connectivity index (χ2v) is 20.3. The third-order valence-electron chi connectivity index (χ3n) is 11.5. The van der Waals surface area contributed by atoms with Crippen molar-refractivity contribution in [2.24, 2.45) is 0 Å². The molecule has 0 aliphatic carbocycles. The Bertz CT molecular complexity index is 3050. The second-order valence-electron chi connectivity index (χ2n) is 17.3. The lowest BCUT2D eigenvalue weighted by molar-refractivity contribution is 0.102. The lowest BCUT2D eigenvalue weighted by atomic mass is 10.0. The van der Waals surface area contributed by atoms with Crippen LogP contribution in [-0.4, -0.2) is 17.7 Å². The zero-order chi connectivity index (χ0) is 52.9. The Morgan fingerprint density at radius 2 is 0.533 bits per heavy atom. The van der Waals surface area contributed by atoms with Gasteiger partial charge in [0, 0.05) is 87.2 Å². The van der Waals surface area contributed by atoms with Gasteiger partial charge in [-0.25, -0.2) is 0 Å². The molecule has 0 aliphatic heterocycles. The number of amides is 3. The smallest absolute Gasteiger partial charge is 0.255 e. The van der Waals surface area contributed by atoms with Crippen molar-refractivity contribution in [1.29, 1.82) is 0 Å². The van der Waals surface area contributed by atoms with Crippen LogP contribution in [0.4, 0.5) is 17.1 Å². The van der Waals surface area contributed by atoms with Crippen LogP contribution in [-0.2, 0) is 55.8 Å². The van der Waals surface area contributed by atoms with E-state index in [1.807, 2.05) is 91.0 Å². The summed E-state index contributed by atoms with van der Waals surface area (Å²) in [6, 6.07) is 45.4. The minimum atomic E-state index is -0.515. The van der Waals surface area contributed by atoms with Gasteiger partial charge in [0.05, 0.1) is 17.1 Å². The fraction of sp³-hybridized carbons (Fsp3) is 0.136. The summed E-state index contributed by atoms with van der Waals surface area (Å²) in [5.74, 6) is 16.5. The van der Waals surface area contributed by atoms with Gasteiger partial charge in [-0.3, -0.25) is 14.4 Å². The van der Waals surface area contributed by atoms with E-state index in [-0.39, 0.29) is 16.7 Å². The first kappa shape index (κ1) is 54.1. The van der Waals surface area contributed by atoms with Crippen molar-refractivity contribution in [1.82, 2.24) is 0 Å². The van der Waals surface area contributed by atoms with E-state index in [1.54, 1.807) is 35.3 Å². The summed E-state index contributed by atoms with van der Waals surface area (Å²) >= 11 is 4.64. The van der Waals surface area contributed by atoms with Gasteiger partial charge in [0.1, 0.15) is 0 Å². The SMILES string of the molecule is C#CCc1cc(CC#C)cc(CSc2ccccc2NC(=O)c2cc(C(=O)Nc3ccccc3SCc3cc(CC#C)cc(CC#C)c3)cc(C(=O)Nc3ccccc3SCc3cc(CC#C)cc(CC#C)c3)c2)c1. The molecule has 0 fully saturated rings. The number of benzene rings is 7. The minimum absolute atomic E-state index is 0.100. The van der Waals surface area contributed by atoms with Crippen LogP contribution >= 0.6 is 35.3 Å². The van der Waals surface area contributed by atoms with Crippen LogP contribution in [0.25, 0.3) is 0 Å². The predicted octanol–water partition coefficient (Wildman–Crippen LogP) is 13.4. The highest BCUT2D eigenvalue weighted by molar-refractivity contribution is 7.99. The summed E-state index contributed by atoms with van der Waals surface area (Å²) in [4.78, 5) is 45.9.